The smallest absolute Gasteiger partial charge is 0.321 e. The summed E-state index contributed by atoms with van der Waals surface area (Å²) in [5, 5.41) is 0. The van der Waals surface area contributed by atoms with Gasteiger partial charge in [-0.3, -0.25) is 9.59 Å². The molecule has 0 radical (unpaired) electrons. The van der Waals surface area contributed by atoms with Gasteiger partial charge in [-0.1, -0.05) is 108 Å². The van der Waals surface area contributed by atoms with Gasteiger partial charge in [0.05, 0.1) is 12.3 Å². The molecule has 1 rings (SSSR count). The lowest BCUT2D eigenvalue weighted by Crippen LogP contribution is -2.03. The first-order valence-corrected chi connectivity index (χ1v) is 10.8. The number of carbonyl (C=O) groups is 2. The summed E-state index contributed by atoms with van der Waals surface area (Å²) in [6, 6.07) is 0. The van der Waals surface area contributed by atoms with Crippen molar-refractivity contribution in [1.82, 2.24) is 0 Å². The molecule has 1 aliphatic heterocycles. The first-order chi connectivity index (χ1) is 12.7. The van der Waals surface area contributed by atoms with Crippen LogP contribution < -0.4 is 0 Å². The molecule has 26 heavy (non-hydrogen) atoms. The number of rotatable bonds is 16. The van der Waals surface area contributed by atoms with E-state index in [2.05, 4.69) is 17.7 Å². The van der Waals surface area contributed by atoms with Crippen molar-refractivity contribution in [1.29, 1.82) is 0 Å². The highest BCUT2D eigenvalue weighted by Gasteiger charge is 2.30. The molecule has 1 unspecified atom stereocenters. The van der Waals surface area contributed by atoms with E-state index in [0.29, 0.717) is 0 Å². The Morgan fingerprint density at radius 2 is 1.35 bits per heavy atom. The highest BCUT2D eigenvalue weighted by Crippen LogP contribution is 2.17. The Morgan fingerprint density at radius 1 is 0.808 bits per heavy atom. The highest BCUT2D eigenvalue weighted by atomic mass is 16.6. The van der Waals surface area contributed by atoms with Gasteiger partial charge in [0.2, 0.25) is 0 Å². The van der Waals surface area contributed by atoms with Gasteiger partial charge in [0.1, 0.15) is 0 Å². The summed E-state index contributed by atoms with van der Waals surface area (Å²) >= 11 is 0. The SMILES string of the molecule is CCCCCCCCCCCCCCC/C=C/C=C/C1CC(=O)OC1=O. The molecule has 0 aromatic heterocycles. The van der Waals surface area contributed by atoms with Gasteiger partial charge in [-0.2, -0.15) is 0 Å². The molecule has 1 atom stereocenters. The second kappa shape index (κ2) is 15.8. The average Bonchev–Trinajstić information content (AvgIpc) is 2.95. The number of hydrogen-bond acceptors (Lipinski definition) is 3. The number of carbonyl (C=O) groups excluding carboxylic acids is 2. The van der Waals surface area contributed by atoms with Crippen LogP contribution >= 0.6 is 0 Å². The lowest BCUT2D eigenvalue weighted by molar-refractivity contribution is -0.152. The Hall–Kier alpha value is -1.38. The summed E-state index contributed by atoms with van der Waals surface area (Å²) in [5.41, 5.74) is 0. The first kappa shape index (κ1) is 22.7. The third-order valence-corrected chi connectivity index (χ3v) is 4.97. The summed E-state index contributed by atoms with van der Waals surface area (Å²) in [4.78, 5) is 22.2. The van der Waals surface area contributed by atoms with Crippen LogP contribution in [0.5, 0.6) is 0 Å². The fourth-order valence-electron chi connectivity index (χ4n) is 3.29. The second-order valence-corrected chi connectivity index (χ2v) is 7.45. The summed E-state index contributed by atoms with van der Waals surface area (Å²) in [6.07, 6.45) is 26.9. The van der Waals surface area contributed by atoms with Crippen molar-refractivity contribution in [3.05, 3.63) is 24.3 Å². The summed E-state index contributed by atoms with van der Waals surface area (Å²) in [7, 11) is 0. The molecular weight excluding hydrogens is 324 g/mol. The van der Waals surface area contributed by atoms with Crippen LogP contribution in [-0.2, 0) is 14.3 Å². The summed E-state index contributed by atoms with van der Waals surface area (Å²) < 4.78 is 4.50. The average molecular weight is 363 g/mol. The zero-order chi connectivity index (χ0) is 18.9. The van der Waals surface area contributed by atoms with Crippen LogP contribution in [0.1, 0.15) is 103 Å². The predicted molar refractivity (Wildman–Crippen MR) is 108 cm³/mol. The van der Waals surface area contributed by atoms with Crippen molar-refractivity contribution >= 4 is 11.9 Å². The Morgan fingerprint density at radius 3 is 1.85 bits per heavy atom. The molecule has 3 nitrogen and oxygen atoms in total. The number of allylic oxidation sites excluding steroid dienone is 3. The Labute approximate surface area is 160 Å². The van der Waals surface area contributed by atoms with E-state index < -0.39 is 11.9 Å². The molecule has 0 aliphatic carbocycles. The zero-order valence-corrected chi connectivity index (χ0v) is 16.7. The monoisotopic (exact) mass is 362 g/mol. The van der Waals surface area contributed by atoms with Crippen LogP contribution in [0.25, 0.3) is 0 Å². The van der Waals surface area contributed by atoms with Crippen molar-refractivity contribution < 1.29 is 14.3 Å². The van der Waals surface area contributed by atoms with Crippen LogP contribution in [0.2, 0.25) is 0 Å². The highest BCUT2D eigenvalue weighted by molar-refractivity contribution is 5.95. The summed E-state index contributed by atoms with van der Waals surface area (Å²) in [6.45, 7) is 2.27. The third kappa shape index (κ3) is 12.1. The van der Waals surface area contributed by atoms with E-state index in [9.17, 15) is 9.59 Å². The number of cyclic esters (lactones) is 2. The molecule has 0 aromatic rings. The topological polar surface area (TPSA) is 43.4 Å². The van der Waals surface area contributed by atoms with Crippen LogP contribution in [0, 0.1) is 5.92 Å². The molecule has 0 N–H and O–H groups in total. The molecule has 1 fully saturated rings. The molecule has 0 aromatic carbocycles. The van der Waals surface area contributed by atoms with E-state index in [-0.39, 0.29) is 12.3 Å². The molecule has 0 saturated carbocycles. The maximum atomic E-state index is 11.3. The van der Waals surface area contributed by atoms with Gasteiger partial charge >= 0.3 is 11.9 Å². The van der Waals surface area contributed by atoms with Crippen LogP contribution in [-0.4, -0.2) is 11.9 Å². The summed E-state index contributed by atoms with van der Waals surface area (Å²) in [5.74, 6) is -1.22. The molecule has 1 aliphatic rings. The van der Waals surface area contributed by atoms with Gasteiger partial charge in [-0.25, -0.2) is 0 Å². The molecule has 1 heterocycles. The van der Waals surface area contributed by atoms with E-state index in [0.717, 1.165) is 6.42 Å². The number of ether oxygens (including phenoxy) is 1. The molecule has 0 spiro atoms. The van der Waals surface area contributed by atoms with Crippen molar-refractivity contribution in [2.24, 2.45) is 5.92 Å². The normalized spacial score (nSPS) is 17.7. The van der Waals surface area contributed by atoms with Gasteiger partial charge in [0.15, 0.2) is 0 Å². The van der Waals surface area contributed by atoms with E-state index in [1.165, 1.54) is 83.5 Å². The maximum Gasteiger partial charge on any atom is 0.321 e. The van der Waals surface area contributed by atoms with Gasteiger partial charge in [0, 0.05) is 0 Å². The zero-order valence-electron chi connectivity index (χ0n) is 16.7. The standard InChI is InChI=1S/C23H38O3/c1-2-3-4-5-6-7-8-9-10-11-12-13-14-15-16-17-18-19-21-20-22(24)26-23(21)25/h16-19,21H,2-15,20H2,1H3/b17-16+,19-18+. The van der Waals surface area contributed by atoms with E-state index in [1.807, 2.05) is 12.2 Å². The van der Waals surface area contributed by atoms with Gasteiger partial charge in [-0.15, -0.1) is 0 Å². The fraction of sp³-hybridized carbons (Fsp3) is 0.739. The van der Waals surface area contributed by atoms with Gasteiger partial charge < -0.3 is 4.74 Å². The van der Waals surface area contributed by atoms with Crippen molar-refractivity contribution in [2.75, 3.05) is 0 Å². The second-order valence-electron chi connectivity index (χ2n) is 7.45. The number of esters is 2. The van der Waals surface area contributed by atoms with E-state index >= 15 is 0 Å². The quantitative estimate of drug-likeness (QED) is 0.133. The maximum absolute atomic E-state index is 11.3. The Bertz CT molecular complexity index is 437. The molecule has 0 amide bonds. The predicted octanol–water partition coefficient (Wildman–Crippen LogP) is 6.67. The lowest BCUT2D eigenvalue weighted by atomic mass is 10.0. The fourth-order valence-corrected chi connectivity index (χ4v) is 3.29. The molecule has 148 valence electrons. The molecule has 3 heteroatoms. The minimum Gasteiger partial charge on any atom is -0.393 e. The van der Waals surface area contributed by atoms with Crippen molar-refractivity contribution in [3.63, 3.8) is 0 Å². The van der Waals surface area contributed by atoms with Crippen molar-refractivity contribution in [3.8, 4) is 0 Å². The number of unbranched alkanes of at least 4 members (excludes halogenated alkanes) is 13. The Kier molecular flexibility index (Phi) is 13.8. The molecule has 0 bridgehead atoms. The van der Waals surface area contributed by atoms with Gasteiger partial charge in [-0.05, 0) is 12.8 Å². The minimum atomic E-state index is -0.420. The number of hydrogen-bond donors (Lipinski definition) is 0. The first-order valence-electron chi connectivity index (χ1n) is 10.8. The van der Waals surface area contributed by atoms with E-state index in [4.69, 9.17) is 0 Å². The molecular formula is C23H38O3. The van der Waals surface area contributed by atoms with Gasteiger partial charge in [0.25, 0.3) is 0 Å². The van der Waals surface area contributed by atoms with Crippen LogP contribution in [0.3, 0.4) is 0 Å². The van der Waals surface area contributed by atoms with Crippen molar-refractivity contribution in [2.45, 2.75) is 103 Å². The van der Waals surface area contributed by atoms with Crippen LogP contribution in [0.4, 0.5) is 0 Å². The third-order valence-electron chi connectivity index (χ3n) is 4.97. The largest absolute Gasteiger partial charge is 0.393 e. The lowest BCUT2D eigenvalue weighted by Gasteiger charge is -2.02. The van der Waals surface area contributed by atoms with Crippen LogP contribution in [0.15, 0.2) is 24.3 Å². The Balaban J connectivity index is 1.82. The minimum absolute atomic E-state index is 0.183. The van der Waals surface area contributed by atoms with E-state index in [1.54, 1.807) is 6.08 Å². The molecule has 1 saturated heterocycles.